The summed E-state index contributed by atoms with van der Waals surface area (Å²) in [5, 5.41) is 2.05. The molecule has 0 N–H and O–H groups in total. The molecule has 0 aliphatic carbocycles. The Kier molecular flexibility index (Phi) is 5.46. The molecule has 0 radical (unpaired) electrons. The Labute approximate surface area is 183 Å². The highest BCUT2D eigenvalue weighted by molar-refractivity contribution is 6.07. The van der Waals surface area contributed by atoms with Gasteiger partial charge in [-0.25, -0.2) is 0 Å². The number of nitrogens with zero attached hydrogens (tertiary/aromatic N) is 2. The second-order valence-corrected chi connectivity index (χ2v) is 8.72. The van der Waals surface area contributed by atoms with Crippen molar-refractivity contribution >= 4 is 22.6 Å². The van der Waals surface area contributed by atoms with E-state index in [0.29, 0.717) is 13.1 Å². The molecule has 0 aromatic heterocycles. The smallest absolute Gasteiger partial charge is 0.254 e. The molecule has 2 aliphatic rings. The number of piperidine rings is 1. The molecule has 2 aliphatic heterocycles. The molecule has 2 amide bonds. The van der Waals surface area contributed by atoms with E-state index >= 15 is 0 Å². The lowest BCUT2D eigenvalue weighted by molar-refractivity contribution is -0.137. The largest absolute Gasteiger partial charge is 0.338 e. The van der Waals surface area contributed by atoms with Crippen LogP contribution in [-0.2, 0) is 4.79 Å². The first kappa shape index (κ1) is 19.8. The molecular weight excluding hydrogens is 384 g/mol. The predicted octanol–water partition coefficient (Wildman–Crippen LogP) is 5.06. The summed E-state index contributed by atoms with van der Waals surface area (Å²) in [6, 6.07) is 24.4. The molecule has 0 bridgehead atoms. The molecule has 2 heterocycles. The maximum absolute atomic E-state index is 13.5. The number of fused-ring (bicyclic) bond motifs is 1. The molecule has 4 nitrogen and oxygen atoms in total. The van der Waals surface area contributed by atoms with Crippen molar-refractivity contribution in [3.63, 3.8) is 0 Å². The van der Waals surface area contributed by atoms with Crippen LogP contribution in [0.2, 0.25) is 0 Å². The number of rotatable bonds is 3. The van der Waals surface area contributed by atoms with Crippen LogP contribution >= 0.6 is 0 Å². The van der Waals surface area contributed by atoms with Crippen molar-refractivity contribution in [2.45, 2.75) is 31.7 Å². The van der Waals surface area contributed by atoms with Crippen molar-refractivity contribution < 1.29 is 9.59 Å². The average Bonchev–Trinajstić information content (AvgIpc) is 3.33. The molecular formula is C27H28N2O2. The van der Waals surface area contributed by atoms with Gasteiger partial charge in [-0.15, -0.1) is 0 Å². The SMILES string of the molecule is O=C(c1cccc2ccccc12)N1CCCC(C(=O)N2CCCC2c2ccccc2)C1. The molecule has 2 saturated heterocycles. The summed E-state index contributed by atoms with van der Waals surface area (Å²) in [7, 11) is 0. The van der Waals surface area contributed by atoms with Crippen molar-refractivity contribution in [2.75, 3.05) is 19.6 Å². The summed E-state index contributed by atoms with van der Waals surface area (Å²) in [6.45, 7) is 2.04. The lowest BCUT2D eigenvalue weighted by Crippen LogP contribution is -2.46. The quantitative estimate of drug-likeness (QED) is 0.604. The lowest BCUT2D eigenvalue weighted by Gasteiger charge is -2.36. The predicted molar refractivity (Wildman–Crippen MR) is 123 cm³/mol. The Balaban J connectivity index is 1.34. The molecule has 0 saturated carbocycles. The maximum atomic E-state index is 13.5. The minimum absolute atomic E-state index is 0.0373. The van der Waals surface area contributed by atoms with Gasteiger partial charge in [-0.05, 0) is 48.1 Å². The van der Waals surface area contributed by atoms with Crippen molar-refractivity contribution in [3.8, 4) is 0 Å². The second-order valence-electron chi connectivity index (χ2n) is 8.72. The number of hydrogen-bond acceptors (Lipinski definition) is 2. The molecule has 2 atom stereocenters. The summed E-state index contributed by atoms with van der Waals surface area (Å²) < 4.78 is 0. The van der Waals surface area contributed by atoms with Gasteiger partial charge in [0.25, 0.3) is 5.91 Å². The van der Waals surface area contributed by atoms with Crippen molar-refractivity contribution in [2.24, 2.45) is 5.92 Å². The van der Waals surface area contributed by atoms with Gasteiger partial charge in [-0.1, -0.05) is 66.7 Å². The maximum Gasteiger partial charge on any atom is 0.254 e. The van der Waals surface area contributed by atoms with Crippen LogP contribution in [0.1, 0.15) is 47.6 Å². The number of carbonyl (C=O) groups is 2. The van der Waals surface area contributed by atoms with E-state index in [1.807, 2.05) is 65.6 Å². The summed E-state index contributed by atoms with van der Waals surface area (Å²) in [5.74, 6) is 0.133. The zero-order valence-corrected chi connectivity index (χ0v) is 17.7. The minimum Gasteiger partial charge on any atom is -0.338 e. The van der Waals surface area contributed by atoms with Crippen LogP contribution in [0.25, 0.3) is 10.8 Å². The molecule has 2 unspecified atom stereocenters. The van der Waals surface area contributed by atoms with E-state index in [0.717, 1.165) is 48.6 Å². The van der Waals surface area contributed by atoms with Crippen LogP contribution in [0.3, 0.4) is 0 Å². The Hall–Kier alpha value is -3.14. The van der Waals surface area contributed by atoms with E-state index in [9.17, 15) is 9.59 Å². The lowest BCUT2D eigenvalue weighted by atomic mass is 9.94. The Morgan fingerprint density at radius 2 is 1.52 bits per heavy atom. The molecule has 158 valence electrons. The van der Waals surface area contributed by atoms with Crippen molar-refractivity contribution in [3.05, 3.63) is 83.9 Å². The minimum atomic E-state index is -0.114. The molecule has 0 spiro atoms. The molecule has 3 aromatic carbocycles. The van der Waals surface area contributed by atoms with Crippen LogP contribution in [0.15, 0.2) is 72.8 Å². The van der Waals surface area contributed by atoms with Gasteiger partial charge in [0.05, 0.1) is 12.0 Å². The normalized spacial score (nSPS) is 21.4. The Morgan fingerprint density at radius 3 is 2.39 bits per heavy atom. The topological polar surface area (TPSA) is 40.6 Å². The van der Waals surface area contributed by atoms with Gasteiger partial charge in [-0.2, -0.15) is 0 Å². The molecule has 31 heavy (non-hydrogen) atoms. The van der Waals surface area contributed by atoms with Crippen LogP contribution in [0.5, 0.6) is 0 Å². The number of likely N-dealkylation sites (tertiary alicyclic amines) is 2. The van der Waals surface area contributed by atoms with E-state index in [1.54, 1.807) is 0 Å². The summed E-state index contributed by atoms with van der Waals surface area (Å²) in [6.07, 6.45) is 3.78. The van der Waals surface area contributed by atoms with E-state index in [2.05, 4.69) is 17.0 Å². The zero-order chi connectivity index (χ0) is 21.2. The number of amides is 2. The number of carbonyl (C=O) groups excluding carboxylic acids is 2. The fourth-order valence-electron chi connectivity index (χ4n) is 5.23. The van der Waals surface area contributed by atoms with E-state index in [4.69, 9.17) is 0 Å². The first-order chi connectivity index (χ1) is 15.2. The highest BCUT2D eigenvalue weighted by Crippen LogP contribution is 2.34. The van der Waals surface area contributed by atoms with Gasteiger partial charge in [0.15, 0.2) is 0 Å². The Morgan fingerprint density at radius 1 is 0.774 bits per heavy atom. The van der Waals surface area contributed by atoms with Crippen LogP contribution in [0.4, 0.5) is 0 Å². The van der Waals surface area contributed by atoms with Gasteiger partial charge in [0.2, 0.25) is 5.91 Å². The van der Waals surface area contributed by atoms with Crippen molar-refractivity contribution in [1.82, 2.24) is 9.80 Å². The van der Waals surface area contributed by atoms with Gasteiger partial charge in [0, 0.05) is 25.2 Å². The van der Waals surface area contributed by atoms with E-state index < -0.39 is 0 Å². The van der Waals surface area contributed by atoms with Crippen molar-refractivity contribution in [1.29, 1.82) is 0 Å². The summed E-state index contributed by atoms with van der Waals surface area (Å²) in [5.41, 5.74) is 1.95. The Bertz CT molecular complexity index is 1090. The van der Waals surface area contributed by atoms with E-state index in [1.165, 1.54) is 5.56 Å². The van der Waals surface area contributed by atoms with Gasteiger partial charge < -0.3 is 9.80 Å². The van der Waals surface area contributed by atoms with Gasteiger partial charge >= 0.3 is 0 Å². The first-order valence-corrected chi connectivity index (χ1v) is 11.3. The highest BCUT2D eigenvalue weighted by Gasteiger charge is 2.36. The first-order valence-electron chi connectivity index (χ1n) is 11.3. The highest BCUT2D eigenvalue weighted by atomic mass is 16.2. The third-order valence-corrected chi connectivity index (χ3v) is 6.80. The summed E-state index contributed by atoms with van der Waals surface area (Å²) in [4.78, 5) is 30.8. The summed E-state index contributed by atoms with van der Waals surface area (Å²) >= 11 is 0. The molecule has 3 aromatic rings. The number of benzene rings is 3. The zero-order valence-electron chi connectivity index (χ0n) is 17.7. The average molecular weight is 413 g/mol. The fourth-order valence-corrected chi connectivity index (χ4v) is 5.23. The van der Waals surface area contributed by atoms with Crippen LogP contribution in [-0.4, -0.2) is 41.2 Å². The number of hydrogen-bond donors (Lipinski definition) is 0. The fraction of sp³-hybridized carbons (Fsp3) is 0.333. The van der Waals surface area contributed by atoms with Gasteiger partial charge in [-0.3, -0.25) is 9.59 Å². The monoisotopic (exact) mass is 412 g/mol. The standard InChI is InChI=1S/C27H28N2O2/c30-26(29-18-8-16-25(29)21-10-2-1-3-11-21)22-13-7-17-28(19-22)27(31)24-15-6-12-20-9-4-5-14-23(20)24/h1-6,9-12,14-15,22,25H,7-8,13,16-19H2. The molecule has 5 rings (SSSR count). The second kappa shape index (κ2) is 8.54. The van der Waals surface area contributed by atoms with Crippen LogP contribution in [0, 0.1) is 5.92 Å². The van der Waals surface area contributed by atoms with Crippen LogP contribution < -0.4 is 0 Å². The third-order valence-electron chi connectivity index (χ3n) is 6.80. The van der Waals surface area contributed by atoms with Gasteiger partial charge in [0.1, 0.15) is 0 Å². The molecule has 2 fully saturated rings. The van der Waals surface area contributed by atoms with E-state index in [-0.39, 0.29) is 23.8 Å². The molecule has 4 heteroatoms. The third kappa shape index (κ3) is 3.83.